The summed E-state index contributed by atoms with van der Waals surface area (Å²) in [5, 5.41) is 0. The molecule has 2 unspecified atom stereocenters. The van der Waals surface area contributed by atoms with Crippen molar-refractivity contribution in [2.75, 3.05) is 14.1 Å². The molecule has 0 aromatic rings. The molecule has 2 heteroatoms. The lowest BCUT2D eigenvalue weighted by Crippen LogP contribution is -2.28. The molecule has 0 aromatic carbocycles. The zero-order valence-electron chi connectivity index (χ0n) is 8.50. The van der Waals surface area contributed by atoms with Crippen LogP contribution < -0.4 is 0 Å². The first-order valence-corrected chi connectivity index (χ1v) is 4.32. The molecule has 2 nitrogen and oxygen atoms in total. The van der Waals surface area contributed by atoms with Gasteiger partial charge in [0.1, 0.15) is 0 Å². The zero-order chi connectivity index (χ0) is 9.72. The number of carbonyl (C=O) groups excluding carboxylic acids is 1. The Labute approximate surface area is 75.3 Å². The molecule has 2 atom stereocenters. The highest BCUT2D eigenvalue weighted by Crippen LogP contribution is 2.13. The molecule has 0 aliphatic carbocycles. The molecule has 0 fully saturated rings. The van der Waals surface area contributed by atoms with E-state index in [1.807, 2.05) is 13.0 Å². The van der Waals surface area contributed by atoms with Crippen LogP contribution in [0.25, 0.3) is 0 Å². The monoisotopic (exact) mass is 169 g/mol. The highest BCUT2D eigenvalue weighted by atomic mass is 16.2. The van der Waals surface area contributed by atoms with E-state index in [1.165, 1.54) is 0 Å². The van der Waals surface area contributed by atoms with Crippen LogP contribution in [-0.4, -0.2) is 24.9 Å². The average molecular weight is 169 g/mol. The standard InChI is InChI=1S/C10H19NO/c1-6-8(2)7-9(3)10(12)11(4)5/h6,8-9H,1,7H2,2-5H3. The second kappa shape index (κ2) is 4.96. The van der Waals surface area contributed by atoms with Gasteiger partial charge in [-0.2, -0.15) is 0 Å². The Hall–Kier alpha value is -0.790. The molecular weight excluding hydrogens is 150 g/mol. The van der Waals surface area contributed by atoms with Crippen LogP contribution in [0.3, 0.4) is 0 Å². The van der Waals surface area contributed by atoms with Gasteiger partial charge in [-0.05, 0) is 12.3 Å². The Balaban J connectivity index is 3.94. The van der Waals surface area contributed by atoms with E-state index in [0.717, 1.165) is 6.42 Å². The summed E-state index contributed by atoms with van der Waals surface area (Å²) in [5.41, 5.74) is 0. The number of allylic oxidation sites excluding steroid dienone is 1. The van der Waals surface area contributed by atoms with E-state index in [2.05, 4.69) is 13.5 Å². The number of hydrogen-bond donors (Lipinski definition) is 0. The maximum absolute atomic E-state index is 11.4. The Morgan fingerprint density at radius 3 is 2.33 bits per heavy atom. The first kappa shape index (κ1) is 11.2. The largest absolute Gasteiger partial charge is 0.349 e. The van der Waals surface area contributed by atoms with E-state index in [4.69, 9.17) is 0 Å². The molecular formula is C10H19NO. The fourth-order valence-corrected chi connectivity index (χ4v) is 1.20. The Morgan fingerprint density at radius 1 is 1.50 bits per heavy atom. The normalized spacial score (nSPS) is 15.0. The number of nitrogens with zero attached hydrogens (tertiary/aromatic N) is 1. The molecule has 70 valence electrons. The smallest absolute Gasteiger partial charge is 0.224 e. The van der Waals surface area contributed by atoms with Gasteiger partial charge in [-0.25, -0.2) is 0 Å². The quantitative estimate of drug-likeness (QED) is 0.589. The zero-order valence-corrected chi connectivity index (χ0v) is 8.50. The van der Waals surface area contributed by atoms with Crippen LogP contribution in [0, 0.1) is 11.8 Å². The second-order valence-corrected chi connectivity index (χ2v) is 3.58. The van der Waals surface area contributed by atoms with Crippen LogP contribution in [0.5, 0.6) is 0 Å². The topological polar surface area (TPSA) is 20.3 Å². The molecule has 0 aliphatic heterocycles. The molecule has 1 amide bonds. The van der Waals surface area contributed by atoms with Crippen LogP contribution in [0.15, 0.2) is 12.7 Å². The summed E-state index contributed by atoms with van der Waals surface area (Å²) in [5.74, 6) is 0.723. The summed E-state index contributed by atoms with van der Waals surface area (Å²) in [4.78, 5) is 13.0. The average Bonchev–Trinajstić information content (AvgIpc) is 2.02. The van der Waals surface area contributed by atoms with Crippen LogP contribution in [-0.2, 0) is 4.79 Å². The molecule has 0 N–H and O–H groups in total. The Kier molecular flexibility index (Phi) is 4.64. The number of amides is 1. The molecule has 0 aliphatic rings. The summed E-state index contributed by atoms with van der Waals surface area (Å²) in [6.45, 7) is 7.73. The maximum Gasteiger partial charge on any atom is 0.224 e. The molecule has 0 bridgehead atoms. The summed E-state index contributed by atoms with van der Waals surface area (Å²) in [7, 11) is 3.58. The minimum atomic E-state index is 0.105. The first-order chi connectivity index (χ1) is 5.49. The van der Waals surface area contributed by atoms with E-state index in [-0.39, 0.29) is 11.8 Å². The van der Waals surface area contributed by atoms with Gasteiger partial charge in [0.05, 0.1) is 0 Å². The summed E-state index contributed by atoms with van der Waals surface area (Å²) < 4.78 is 0. The number of carbonyl (C=O) groups is 1. The van der Waals surface area contributed by atoms with Crippen LogP contribution in [0.1, 0.15) is 20.3 Å². The van der Waals surface area contributed by atoms with Gasteiger partial charge in [0.25, 0.3) is 0 Å². The highest BCUT2D eigenvalue weighted by Gasteiger charge is 2.15. The van der Waals surface area contributed by atoms with E-state index < -0.39 is 0 Å². The fraction of sp³-hybridized carbons (Fsp3) is 0.700. The van der Waals surface area contributed by atoms with Gasteiger partial charge in [0, 0.05) is 20.0 Å². The second-order valence-electron chi connectivity index (χ2n) is 3.58. The van der Waals surface area contributed by atoms with Crippen molar-refractivity contribution >= 4 is 5.91 Å². The van der Waals surface area contributed by atoms with Crippen molar-refractivity contribution in [1.82, 2.24) is 4.90 Å². The third kappa shape index (κ3) is 3.56. The van der Waals surface area contributed by atoms with E-state index >= 15 is 0 Å². The SMILES string of the molecule is C=CC(C)CC(C)C(=O)N(C)C. The number of hydrogen-bond acceptors (Lipinski definition) is 1. The minimum Gasteiger partial charge on any atom is -0.349 e. The van der Waals surface area contributed by atoms with E-state index in [9.17, 15) is 4.79 Å². The molecule has 0 radical (unpaired) electrons. The molecule has 0 saturated carbocycles. The molecule has 0 aromatic heterocycles. The third-order valence-corrected chi connectivity index (χ3v) is 1.99. The van der Waals surface area contributed by atoms with Crippen LogP contribution >= 0.6 is 0 Å². The van der Waals surface area contributed by atoms with Gasteiger partial charge < -0.3 is 4.90 Å². The van der Waals surface area contributed by atoms with Crippen LogP contribution in [0.2, 0.25) is 0 Å². The minimum absolute atomic E-state index is 0.105. The molecule has 0 rings (SSSR count). The van der Waals surface area contributed by atoms with Gasteiger partial charge in [0.2, 0.25) is 5.91 Å². The van der Waals surface area contributed by atoms with Gasteiger partial charge in [0.15, 0.2) is 0 Å². The van der Waals surface area contributed by atoms with E-state index in [0.29, 0.717) is 5.92 Å². The van der Waals surface area contributed by atoms with Crippen LogP contribution in [0.4, 0.5) is 0 Å². The predicted octanol–water partition coefficient (Wildman–Crippen LogP) is 1.92. The molecule has 0 spiro atoms. The van der Waals surface area contributed by atoms with Crippen molar-refractivity contribution < 1.29 is 4.79 Å². The Bertz CT molecular complexity index is 163. The molecule has 0 heterocycles. The predicted molar refractivity (Wildman–Crippen MR) is 51.8 cm³/mol. The lowest BCUT2D eigenvalue weighted by molar-refractivity contribution is -0.132. The Morgan fingerprint density at radius 2 is 2.00 bits per heavy atom. The lowest BCUT2D eigenvalue weighted by atomic mass is 9.96. The molecule has 12 heavy (non-hydrogen) atoms. The first-order valence-electron chi connectivity index (χ1n) is 4.32. The van der Waals surface area contributed by atoms with Gasteiger partial charge in [-0.3, -0.25) is 4.79 Å². The van der Waals surface area contributed by atoms with Gasteiger partial charge in [-0.15, -0.1) is 6.58 Å². The van der Waals surface area contributed by atoms with Crippen molar-refractivity contribution in [2.24, 2.45) is 11.8 Å². The third-order valence-electron chi connectivity index (χ3n) is 1.99. The summed E-state index contributed by atoms with van der Waals surface area (Å²) in [6.07, 6.45) is 2.78. The highest BCUT2D eigenvalue weighted by molar-refractivity contribution is 5.77. The molecule has 0 saturated heterocycles. The van der Waals surface area contributed by atoms with Crippen molar-refractivity contribution in [1.29, 1.82) is 0 Å². The van der Waals surface area contributed by atoms with Crippen molar-refractivity contribution in [3.05, 3.63) is 12.7 Å². The van der Waals surface area contributed by atoms with Crippen molar-refractivity contribution in [2.45, 2.75) is 20.3 Å². The van der Waals surface area contributed by atoms with Gasteiger partial charge in [-0.1, -0.05) is 19.9 Å². The van der Waals surface area contributed by atoms with Crippen molar-refractivity contribution in [3.8, 4) is 0 Å². The summed E-state index contributed by atoms with van der Waals surface area (Å²) in [6, 6.07) is 0. The maximum atomic E-state index is 11.4. The lowest BCUT2D eigenvalue weighted by Gasteiger charge is -2.18. The summed E-state index contributed by atoms with van der Waals surface area (Å²) >= 11 is 0. The van der Waals surface area contributed by atoms with Crippen molar-refractivity contribution in [3.63, 3.8) is 0 Å². The fourth-order valence-electron chi connectivity index (χ4n) is 1.20. The van der Waals surface area contributed by atoms with Gasteiger partial charge >= 0.3 is 0 Å². The number of rotatable bonds is 4. The van der Waals surface area contributed by atoms with E-state index in [1.54, 1.807) is 19.0 Å².